The molecule has 2 aromatic heterocycles. The van der Waals surface area contributed by atoms with Crippen LogP contribution in [0.15, 0.2) is 35.4 Å². The van der Waals surface area contributed by atoms with Crippen molar-refractivity contribution in [2.45, 2.75) is 36.7 Å². The number of thioether (sulfide) groups is 1. The fraction of sp³-hybridized carbons (Fsp3) is 0.409. The summed E-state index contributed by atoms with van der Waals surface area (Å²) in [5.41, 5.74) is 10.0. The summed E-state index contributed by atoms with van der Waals surface area (Å²) in [6.07, 6.45) is 6.57. The van der Waals surface area contributed by atoms with Crippen LogP contribution in [0.3, 0.4) is 0 Å². The number of rotatable bonds is 2. The highest BCUT2D eigenvalue weighted by Gasteiger charge is 2.42. The molecule has 150 valence electrons. The lowest BCUT2D eigenvalue weighted by Gasteiger charge is -2.44. The molecule has 4 heterocycles. The molecule has 6 nitrogen and oxygen atoms in total. The monoisotopic (exact) mass is 407 g/mol. The summed E-state index contributed by atoms with van der Waals surface area (Å²) in [7, 11) is 0. The highest BCUT2D eigenvalue weighted by atomic mass is 32.2. The molecule has 0 bridgehead atoms. The molecule has 1 saturated heterocycles. The second-order valence-corrected chi connectivity index (χ2v) is 8.74. The summed E-state index contributed by atoms with van der Waals surface area (Å²) >= 11 is 1.75. The minimum absolute atomic E-state index is 0.326. The van der Waals surface area contributed by atoms with E-state index in [1.54, 1.807) is 11.8 Å². The molecule has 29 heavy (non-hydrogen) atoms. The van der Waals surface area contributed by atoms with Crippen molar-refractivity contribution >= 4 is 34.4 Å². The number of nitrogen functional groups attached to an aromatic ring is 1. The molecular formula is C22H25N5OS. The van der Waals surface area contributed by atoms with Crippen molar-refractivity contribution in [1.29, 1.82) is 0 Å². The van der Waals surface area contributed by atoms with Gasteiger partial charge in [0.2, 0.25) is 5.95 Å². The topological polar surface area (TPSA) is 77.2 Å². The van der Waals surface area contributed by atoms with Crippen LogP contribution in [0.1, 0.15) is 29.7 Å². The summed E-state index contributed by atoms with van der Waals surface area (Å²) in [4.78, 5) is 17.3. The van der Waals surface area contributed by atoms with Gasteiger partial charge < -0.3 is 15.4 Å². The number of nitrogens with two attached hydrogens (primary N) is 1. The summed E-state index contributed by atoms with van der Waals surface area (Å²) in [6, 6.07) is 8.73. The Kier molecular flexibility index (Phi) is 4.59. The number of piperidine rings is 1. The fourth-order valence-electron chi connectivity index (χ4n) is 4.55. The molecule has 0 aliphatic carbocycles. The number of anilines is 2. The lowest BCUT2D eigenvalue weighted by Crippen LogP contribution is -2.47. The fourth-order valence-corrected chi connectivity index (χ4v) is 4.99. The molecule has 1 aromatic carbocycles. The van der Waals surface area contributed by atoms with E-state index in [-0.39, 0.29) is 5.60 Å². The SMILES string of the molecule is CSc1ccc2c(C)cc(N3CCC4(CC3)OCCc3cnc(N)nc34)nc2c1. The second kappa shape index (κ2) is 7.15. The first-order chi connectivity index (χ1) is 14.1. The van der Waals surface area contributed by atoms with E-state index in [0.29, 0.717) is 12.6 Å². The van der Waals surface area contributed by atoms with Gasteiger partial charge in [-0.05, 0) is 61.8 Å². The molecule has 1 fully saturated rings. The van der Waals surface area contributed by atoms with E-state index in [1.165, 1.54) is 21.4 Å². The molecule has 0 amide bonds. The zero-order valence-electron chi connectivity index (χ0n) is 16.8. The van der Waals surface area contributed by atoms with Crippen molar-refractivity contribution in [2.75, 3.05) is 36.6 Å². The maximum atomic E-state index is 6.30. The van der Waals surface area contributed by atoms with Crippen molar-refractivity contribution in [3.63, 3.8) is 0 Å². The Balaban J connectivity index is 1.44. The first-order valence-corrected chi connectivity index (χ1v) is 11.3. The second-order valence-electron chi connectivity index (χ2n) is 7.86. The van der Waals surface area contributed by atoms with Crippen LogP contribution >= 0.6 is 11.8 Å². The van der Waals surface area contributed by atoms with E-state index in [1.807, 2.05) is 6.20 Å². The molecule has 2 N–H and O–H groups in total. The molecule has 1 spiro atoms. The Morgan fingerprint density at radius 2 is 2.00 bits per heavy atom. The minimum Gasteiger partial charge on any atom is -0.368 e. The predicted octanol–water partition coefficient (Wildman–Crippen LogP) is 3.71. The van der Waals surface area contributed by atoms with E-state index >= 15 is 0 Å². The van der Waals surface area contributed by atoms with Gasteiger partial charge in [0, 0.05) is 29.6 Å². The average Bonchev–Trinajstić information content (AvgIpc) is 2.74. The van der Waals surface area contributed by atoms with E-state index in [0.717, 1.165) is 49.4 Å². The van der Waals surface area contributed by atoms with Crippen LogP contribution < -0.4 is 10.6 Å². The Hall–Kier alpha value is -2.38. The molecule has 5 rings (SSSR count). The van der Waals surface area contributed by atoms with E-state index < -0.39 is 0 Å². The molecule has 0 radical (unpaired) electrons. The number of aryl methyl sites for hydroxylation is 1. The Morgan fingerprint density at radius 3 is 2.79 bits per heavy atom. The average molecular weight is 408 g/mol. The molecule has 7 heteroatoms. The Morgan fingerprint density at radius 1 is 1.17 bits per heavy atom. The first-order valence-electron chi connectivity index (χ1n) is 10.0. The van der Waals surface area contributed by atoms with Gasteiger partial charge in [0.15, 0.2) is 0 Å². The van der Waals surface area contributed by atoms with Crippen LogP contribution in [0.2, 0.25) is 0 Å². The third kappa shape index (κ3) is 3.22. The summed E-state index contributed by atoms with van der Waals surface area (Å²) in [5.74, 6) is 1.37. The highest BCUT2D eigenvalue weighted by molar-refractivity contribution is 7.98. The Labute approximate surface area is 174 Å². The van der Waals surface area contributed by atoms with E-state index in [4.69, 9.17) is 15.5 Å². The van der Waals surface area contributed by atoms with Gasteiger partial charge in [-0.3, -0.25) is 0 Å². The predicted molar refractivity (Wildman–Crippen MR) is 117 cm³/mol. The van der Waals surface area contributed by atoms with Crippen molar-refractivity contribution in [1.82, 2.24) is 15.0 Å². The smallest absolute Gasteiger partial charge is 0.220 e. The van der Waals surface area contributed by atoms with Crippen LogP contribution in [0.25, 0.3) is 10.9 Å². The zero-order valence-corrected chi connectivity index (χ0v) is 17.6. The number of benzene rings is 1. The molecule has 0 unspecified atom stereocenters. The third-order valence-corrected chi connectivity index (χ3v) is 6.90. The molecule has 3 aromatic rings. The Bertz CT molecular complexity index is 1080. The number of nitrogens with zero attached hydrogens (tertiary/aromatic N) is 4. The van der Waals surface area contributed by atoms with Crippen LogP contribution in [0, 0.1) is 6.92 Å². The van der Waals surface area contributed by atoms with Gasteiger partial charge in [-0.15, -0.1) is 11.8 Å². The summed E-state index contributed by atoms with van der Waals surface area (Å²) in [6.45, 7) is 4.63. The zero-order chi connectivity index (χ0) is 20.0. The number of aromatic nitrogens is 3. The van der Waals surface area contributed by atoms with Crippen LogP contribution in [-0.2, 0) is 16.8 Å². The van der Waals surface area contributed by atoms with Crippen LogP contribution in [0.5, 0.6) is 0 Å². The number of pyridine rings is 1. The lowest BCUT2D eigenvalue weighted by atomic mass is 9.83. The quantitative estimate of drug-likeness (QED) is 0.649. The van der Waals surface area contributed by atoms with Crippen molar-refractivity contribution in [3.8, 4) is 0 Å². The molecular weight excluding hydrogens is 382 g/mol. The van der Waals surface area contributed by atoms with Crippen molar-refractivity contribution < 1.29 is 4.74 Å². The third-order valence-electron chi connectivity index (χ3n) is 6.17. The van der Waals surface area contributed by atoms with Gasteiger partial charge >= 0.3 is 0 Å². The van der Waals surface area contributed by atoms with Gasteiger partial charge in [-0.25, -0.2) is 15.0 Å². The standard InChI is InChI=1S/C22H25N5OS/c1-14-11-19(25-18-12-16(29-2)3-4-17(14)18)27-8-6-22(7-9-27)20-15(5-10-28-22)13-24-21(23)26-20/h3-4,11-13H,5-10H2,1-2H3,(H2,23,24,26). The maximum Gasteiger partial charge on any atom is 0.220 e. The number of hydrogen-bond acceptors (Lipinski definition) is 7. The van der Waals surface area contributed by atoms with Crippen LogP contribution in [0.4, 0.5) is 11.8 Å². The summed E-state index contributed by atoms with van der Waals surface area (Å²) < 4.78 is 6.30. The normalized spacial score (nSPS) is 18.2. The largest absolute Gasteiger partial charge is 0.368 e. The van der Waals surface area contributed by atoms with Gasteiger partial charge in [-0.2, -0.15) is 0 Å². The van der Waals surface area contributed by atoms with Gasteiger partial charge in [0.1, 0.15) is 11.4 Å². The molecule has 2 aliphatic heterocycles. The minimum atomic E-state index is -0.348. The maximum absolute atomic E-state index is 6.30. The van der Waals surface area contributed by atoms with Gasteiger partial charge in [-0.1, -0.05) is 6.07 Å². The number of ether oxygens (including phenoxy) is 1. The van der Waals surface area contributed by atoms with Gasteiger partial charge in [0.05, 0.1) is 17.8 Å². The summed E-state index contributed by atoms with van der Waals surface area (Å²) in [5, 5.41) is 1.22. The van der Waals surface area contributed by atoms with E-state index in [2.05, 4.69) is 52.3 Å². The first kappa shape index (κ1) is 18.6. The molecule has 0 atom stereocenters. The van der Waals surface area contributed by atoms with Gasteiger partial charge in [0.25, 0.3) is 0 Å². The number of fused-ring (bicyclic) bond motifs is 3. The molecule has 2 aliphatic rings. The van der Waals surface area contributed by atoms with E-state index in [9.17, 15) is 0 Å². The number of hydrogen-bond donors (Lipinski definition) is 1. The molecule has 0 saturated carbocycles. The van der Waals surface area contributed by atoms with Crippen molar-refractivity contribution in [2.24, 2.45) is 0 Å². The van der Waals surface area contributed by atoms with Crippen molar-refractivity contribution in [3.05, 3.63) is 47.3 Å². The van der Waals surface area contributed by atoms with Crippen LogP contribution in [-0.4, -0.2) is 40.9 Å². The lowest BCUT2D eigenvalue weighted by molar-refractivity contribution is -0.0801. The highest BCUT2D eigenvalue weighted by Crippen LogP contribution is 2.41.